The Morgan fingerprint density at radius 2 is 2.10 bits per heavy atom. The van der Waals surface area contributed by atoms with Crippen LogP contribution in [0, 0.1) is 25.6 Å². The van der Waals surface area contributed by atoms with Gasteiger partial charge in [0.05, 0.1) is 18.3 Å². The van der Waals surface area contributed by atoms with Crippen LogP contribution < -0.4 is 15.4 Å². The number of nitrogens with zero attached hydrogens (tertiary/aromatic N) is 3. The van der Waals surface area contributed by atoms with E-state index in [2.05, 4.69) is 20.7 Å². The molecular weight excluding hydrogens is 484 g/mol. The van der Waals surface area contributed by atoms with Crippen LogP contribution in [0.25, 0.3) is 0 Å². The molecule has 1 saturated carbocycles. The van der Waals surface area contributed by atoms with Gasteiger partial charge in [-0.3, -0.25) is 9.67 Å². The molecule has 1 aliphatic carbocycles. The van der Waals surface area contributed by atoms with Gasteiger partial charge in [0.2, 0.25) is 0 Å². The van der Waals surface area contributed by atoms with Crippen molar-refractivity contribution >= 4 is 29.9 Å². The lowest BCUT2D eigenvalue weighted by molar-refractivity contribution is 0.285. The maximum atomic E-state index is 14.4. The van der Waals surface area contributed by atoms with Gasteiger partial charge in [0.1, 0.15) is 0 Å². The summed E-state index contributed by atoms with van der Waals surface area (Å²) in [5, 5.41) is 11.1. The van der Waals surface area contributed by atoms with Gasteiger partial charge in [-0.05, 0) is 57.2 Å². The van der Waals surface area contributed by atoms with Crippen LogP contribution in [0.2, 0.25) is 0 Å². The predicted molar refractivity (Wildman–Crippen MR) is 124 cm³/mol. The van der Waals surface area contributed by atoms with Gasteiger partial charge in [-0.25, -0.2) is 4.39 Å². The summed E-state index contributed by atoms with van der Waals surface area (Å²) in [5.74, 6) is 1.26. The van der Waals surface area contributed by atoms with Gasteiger partial charge in [0.15, 0.2) is 17.5 Å². The number of ether oxygens (including phenoxy) is 1. The number of nitrogens with one attached hydrogen (secondary N) is 2. The maximum Gasteiger partial charge on any atom is 0.191 e. The Kier molecular flexibility index (Phi) is 8.30. The highest BCUT2D eigenvalue weighted by Crippen LogP contribution is 2.30. The number of hydrogen-bond acceptors (Lipinski definition) is 3. The van der Waals surface area contributed by atoms with Gasteiger partial charge in [-0.1, -0.05) is 6.07 Å². The normalized spacial score (nSPS) is 14.9. The summed E-state index contributed by atoms with van der Waals surface area (Å²) in [6, 6.07) is 5.03. The first-order valence-corrected chi connectivity index (χ1v) is 9.77. The van der Waals surface area contributed by atoms with Crippen molar-refractivity contribution in [1.29, 1.82) is 0 Å². The molecule has 1 aromatic heterocycles. The third kappa shape index (κ3) is 6.07. The second kappa shape index (κ2) is 10.3. The quantitative estimate of drug-likeness (QED) is 0.333. The number of guanidine groups is 1. The average Bonchev–Trinajstić information content (AvgIpc) is 3.46. The lowest BCUT2D eigenvalue weighted by Gasteiger charge is -2.19. The minimum Gasteiger partial charge on any atom is -0.490 e. The molecule has 1 aliphatic rings. The molecule has 0 radical (unpaired) electrons. The summed E-state index contributed by atoms with van der Waals surface area (Å²) in [7, 11) is 3.66. The molecule has 0 amide bonds. The standard InChI is InChI=1S/C21H30FN5O.HI/c1-13(17-8-9-20(19(22)10-17)28-12-16-6-7-16)25-21(23-4)24-11-18-14(2)26-27(5)15(18)3;/h8-10,13,16H,6-7,11-12H2,1-5H3,(H2,23,24,25);1H. The van der Waals surface area contributed by atoms with Crippen molar-refractivity contribution in [2.24, 2.45) is 18.0 Å². The van der Waals surface area contributed by atoms with Gasteiger partial charge >= 0.3 is 0 Å². The first-order valence-electron chi connectivity index (χ1n) is 9.77. The summed E-state index contributed by atoms with van der Waals surface area (Å²) in [5.41, 5.74) is 4.12. The van der Waals surface area contributed by atoms with E-state index < -0.39 is 0 Å². The molecule has 1 heterocycles. The molecular formula is C21H31FIN5O. The van der Waals surface area contributed by atoms with E-state index in [1.54, 1.807) is 13.1 Å². The second-order valence-electron chi connectivity index (χ2n) is 7.51. The monoisotopic (exact) mass is 515 g/mol. The molecule has 0 spiro atoms. The Morgan fingerprint density at radius 3 is 2.66 bits per heavy atom. The molecule has 6 nitrogen and oxygen atoms in total. The number of halogens is 2. The third-order valence-corrected chi connectivity index (χ3v) is 5.30. The Hall–Kier alpha value is -1.84. The SMILES string of the molecule is CN=C(NCc1c(C)nn(C)c1C)NC(C)c1ccc(OCC2CC2)c(F)c1.I. The molecule has 0 bridgehead atoms. The molecule has 1 unspecified atom stereocenters. The molecule has 1 aromatic carbocycles. The van der Waals surface area contributed by atoms with Crippen molar-refractivity contribution in [3.8, 4) is 5.75 Å². The lowest BCUT2D eigenvalue weighted by Crippen LogP contribution is -2.38. The Labute approximate surface area is 189 Å². The zero-order valence-corrected chi connectivity index (χ0v) is 20.1. The number of aromatic nitrogens is 2. The summed E-state index contributed by atoms with van der Waals surface area (Å²) in [4.78, 5) is 4.28. The highest BCUT2D eigenvalue weighted by atomic mass is 127. The van der Waals surface area contributed by atoms with E-state index in [0.29, 0.717) is 30.8 Å². The molecule has 1 fully saturated rings. The molecule has 8 heteroatoms. The van der Waals surface area contributed by atoms with Crippen molar-refractivity contribution in [3.63, 3.8) is 0 Å². The average molecular weight is 515 g/mol. The third-order valence-electron chi connectivity index (χ3n) is 5.30. The molecule has 2 aromatic rings. The minimum atomic E-state index is -0.323. The summed E-state index contributed by atoms with van der Waals surface area (Å²) < 4.78 is 21.8. The van der Waals surface area contributed by atoms with Crippen LogP contribution in [0.3, 0.4) is 0 Å². The maximum absolute atomic E-state index is 14.4. The smallest absolute Gasteiger partial charge is 0.191 e. The van der Waals surface area contributed by atoms with Crippen molar-refractivity contribution in [3.05, 3.63) is 46.5 Å². The second-order valence-corrected chi connectivity index (χ2v) is 7.51. The molecule has 29 heavy (non-hydrogen) atoms. The number of benzene rings is 1. The van der Waals surface area contributed by atoms with Crippen LogP contribution in [0.4, 0.5) is 4.39 Å². The zero-order chi connectivity index (χ0) is 20.3. The highest BCUT2D eigenvalue weighted by Gasteiger charge is 2.22. The van der Waals surface area contributed by atoms with Crippen molar-refractivity contribution in [1.82, 2.24) is 20.4 Å². The number of aliphatic imine (C=N–C) groups is 1. The van der Waals surface area contributed by atoms with E-state index in [0.717, 1.165) is 22.5 Å². The van der Waals surface area contributed by atoms with Gasteiger partial charge < -0.3 is 15.4 Å². The largest absolute Gasteiger partial charge is 0.490 e. The van der Waals surface area contributed by atoms with Gasteiger partial charge in [0.25, 0.3) is 0 Å². The molecule has 0 saturated heterocycles. The van der Waals surface area contributed by atoms with Crippen molar-refractivity contribution < 1.29 is 9.13 Å². The van der Waals surface area contributed by atoms with Crippen LogP contribution >= 0.6 is 24.0 Å². The van der Waals surface area contributed by atoms with Crippen LogP contribution in [-0.4, -0.2) is 29.4 Å². The molecule has 1 atom stereocenters. The molecule has 2 N–H and O–H groups in total. The fourth-order valence-electron chi connectivity index (χ4n) is 3.12. The molecule has 3 rings (SSSR count). The van der Waals surface area contributed by atoms with E-state index in [1.807, 2.05) is 38.6 Å². The van der Waals surface area contributed by atoms with Crippen LogP contribution in [-0.2, 0) is 13.6 Å². The van der Waals surface area contributed by atoms with Gasteiger partial charge in [-0.2, -0.15) is 5.10 Å². The minimum absolute atomic E-state index is 0. The highest BCUT2D eigenvalue weighted by molar-refractivity contribution is 14.0. The van der Waals surface area contributed by atoms with E-state index in [9.17, 15) is 4.39 Å². The number of aryl methyl sites for hydroxylation is 2. The number of rotatable bonds is 7. The van der Waals surface area contributed by atoms with E-state index >= 15 is 0 Å². The van der Waals surface area contributed by atoms with Gasteiger partial charge in [-0.15, -0.1) is 24.0 Å². The summed E-state index contributed by atoms with van der Waals surface area (Å²) >= 11 is 0. The first kappa shape index (κ1) is 23.4. The van der Waals surface area contributed by atoms with Crippen molar-refractivity contribution in [2.45, 2.75) is 46.2 Å². The van der Waals surface area contributed by atoms with E-state index in [1.165, 1.54) is 18.9 Å². The summed E-state index contributed by atoms with van der Waals surface area (Å²) in [6.45, 7) is 7.25. The van der Waals surface area contributed by atoms with Crippen LogP contribution in [0.5, 0.6) is 5.75 Å². The lowest BCUT2D eigenvalue weighted by atomic mass is 10.1. The Morgan fingerprint density at radius 1 is 1.38 bits per heavy atom. The Bertz CT molecular complexity index is 863. The van der Waals surface area contributed by atoms with E-state index in [-0.39, 0.29) is 35.8 Å². The Balaban J connectivity index is 0.00000300. The first-order chi connectivity index (χ1) is 13.4. The fourth-order valence-corrected chi connectivity index (χ4v) is 3.12. The van der Waals surface area contributed by atoms with Crippen LogP contribution in [0.1, 0.15) is 48.3 Å². The molecule has 160 valence electrons. The van der Waals surface area contributed by atoms with E-state index in [4.69, 9.17) is 4.74 Å². The topological polar surface area (TPSA) is 63.5 Å². The fraction of sp³-hybridized carbons (Fsp3) is 0.524. The predicted octanol–water partition coefficient (Wildman–Crippen LogP) is 4.01. The van der Waals surface area contributed by atoms with Crippen molar-refractivity contribution in [2.75, 3.05) is 13.7 Å². The summed E-state index contributed by atoms with van der Waals surface area (Å²) in [6.07, 6.45) is 2.37. The zero-order valence-electron chi connectivity index (χ0n) is 17.8. The van der Waals surface area contributed by atoms with Crippen LogP contribution in [0.15, 0.2) is 23.2 Å². The van der Waals surface area contributed by atoms with Gasteiger partial charge in [0, 0.05) is 31.9 Å². The molecule has 0 aliphatic heterocycles. The number of hydrogen-bond donors (Lipinski definition) is 2.